The van der Waals surface area contributed by atoms with Crippen LogP contribution in [0.15, 0.2) is 53.1 Å². The molecule has 2 N–H and O–H groups in total. The van der Waals surface area contributed by atoms with Gasteiger partial charge in [-0.25, -0.2) is 14.4 Å². The topological polar surface area (TPSA) is 226 Å². The second-order valence-corrected chi connectivity index (χ2v) is 19.3. The van der Waals surface area contributed by atoms with Crippen molar-refractivity contribution in [3.63, 3.8) is 0 Å². The Kier molecular flexibility index (Phi) is 14.5. The predicted octanol–water partition coefficient (Wildman–Crippen LogP) is 5.24. The number of benzene rings is 1. The minimum Gasteiger partial charge on any atom is -0.462 e. The van der Waals surface area contributed by atoms with Gasteiger partial charge in [-0.05, 0) is 76.7 Å². The van der Waals surface area contributed by atoms with Gasteiger partial charge in [0.15, 0.2) is 23.9 Å². The number of alkyl carbamates (subject to hydrolysis) is 1. The summed E-state index contributed by atoms with van der Waals surface area (Å²) in [5.41, 5.74) is -3.84. The van der Waals surface area contributed by atoms with Gasteiger partial charge in [-0.3, -0.25) is 19.2 Å². The van der Waals surface area contributed by atoms with Crippen molar-refractivity contribution in [2.45, 2.75) is 163 Å². The van der Waals surface area contributed by atoms with Crippen molar-refractivity contribution in [1.29, 1.82) is 0 Å². The molecule has 1 aromatic rings. The zero-order chi connectivity index (χ0) is 47.9. The normalized spacial score (nSPS) is 31.2. The third kappa shape index (κ3) is 9.99. The first-order valence-electron chi connectivity index (χ1n) is 21.5. The van der Waals surface area contributed by atoms with E-state index >= 15 is 0 Å². The predicted molar refractivity (Wildman–Crippen MR) is 226 cm³/mol. The van der Waals surface area contributed by atoms with E-state index in [0.717, 1.165) is 6.92 Å². The maximum absolute atomic E-state index is 14.5. The van der Waals surface area contributed by atoms with Crippen LogP contribution < -0.4 is 5.32 Å². The number of nitrogens with one attached hydrogen (secondary N) is 1. The summed E-state index contributed by atoms with van der Waals surface area (Å²) in [4.78, 5) is 94.6. The molecule has 1 aromatic carbocycles. The van der Waals surface area contributed by atoms with Gasteiger partial charge in [0, 0.05) is 40.0 Å². The van der Waals surface area contributed by atoms with Crippen molar-refractivity contribution in [2.24, 2.45) is 22.7 Å². The number of allylic oxidation sites excluding steroid dienone is 1. The number of amides is 1. The largest absolute Gasteiger partial charge is 0.462 e. The summed E-state index contributed by atoms with van der Waals surface area (Å²) >= 11 is 0. The fourth-order valence-corrected chi connectivity index (χ4v) is 10.4. The van der Waals surface area contributed by atoms with E-state index in [1.54, 1.807) is 78.8 Å². The summed E-state index contributed by atoms with van der Waals surface area (Å²) in [5, 5.41) is 14.1. The summed E-state index contributed by atoms with van der Waals surface area (Å²) in [6, 6.07) is 6.86. The van der Waals surface area contributed by atoms with Crippen molar-refractivity contribution in [2.75, 3.05) is 6.61 Å². The Hall–Kier alpha value is -5.29. The van der Waals surface area contributed by atoms with Crippen molar-refractivity contribution in [3.8, 4) is 0 Å². The second kappa shape index (κ2) is 18.7. The molecule has 1 amide bonds. The molecule has 1 aliphatic heterocycles. The SMILES string of the molecule is CC(=O)O[C@@H]1C2=C(C)[C@@H](OC(=O)[C@H](O)[C@H](C=C(C)C)NC(=O)OC(C)(C)C)C[C@@H]([C@@H](OC(=O)c3ccccc3)[C@@H]3[C@]4(OC(C)=O)CO[C@@H]4C[C@H](OC(C)=O)[C@@]3(C)[C@H]1OC(C)=O)C2(C)C. The van der Waals surface area contributed by atoms with Crippen molar-refractivity contribution >= 4 is 41.9 Å². The van der Waals surface area contributed by atoms with Gasteiger partial charge in [-0.2, -0.15) is 0 Å². The first-order chi connectivity index (χ1) is 29.6. The Bertz CT molecular complexity index is 2070. The molecule has 2 saturated carbocycles. The van der Waals surface area contributed by atoms with Crippen LogP contribution in [0.3, 0.4) is 0 Å². The highest BCUT2D eigenvalue weighted by Crippen LogP contribution is 2.65. The zero-order valence-corrected chi connectivity index (χ0v) is 38.9. The van der Waals surface area contributed by atoms with Gasteiger partial charge in [-0.1, -0.05) is 50.6 Å². The molecule has 0 aromatic heterocycles. The van der Waals surface area contributed by atoms with E-state index in [1.165, 1.54) is 26.8 Å². The number of hydrogen-bond donors (Lipinski definition) is 2. The Morgan fingerprint density at radius 1 is 0.828 bits per heavy atom. The molecule has 17 heteroatoms. The van der Waals surface area contributed by atoms with Gasteiger partial charge >= 0.3 is 41.9 Å². The lowest BCUT2D eigenvalue weighted by Gasteiger charge is -2.68. The molecule has 5 rings (SSSR count). The first-order valence-corrected chi connectivity index (χ1v) is 21.5. The molecule has 1 heterocycles. The number of aliphatic hydroxyl groups is 1. The van der Waals surface area contributed by atoms with E-state index in [1.807, 2.05) is 13.8 Å². The van der Waals surface area contributed by atoms with Gasteiger partial charge in [-0.15, -0.1) is 0 Å². The fourth-order valence-electron chi connectivity index (χ4n) is 10.4. The third-order valence-corrected chi connectivity index (χ3v) is 12.8. The minimum atomic E-state index is -1.96. The van der Waals surface area contributed by atoms with Gasteiger partial charge < -0.3 is 48.3 Å². The maximum atomic E-state index is 14.5. The Balaban J connectivity index is 1.80. The second-order valence-electron chi connectivity index (χ2n) is 19.3. The van der Waals surface area contributed by atoms with Crippen LogP contribution in [-0.4, -0.2) is 114 Å². The molecule has 17 nitrogen and oxygen atoms in total. The first kappa shape index (κ1) is 49.7. The van der Waals surface area contributed by atoms with E-state index in [-0.39, 0.29) is 25.0 Å². The summed E-state index contributed by atoms with van der Waals surface area (Å²) < 4.78 is 49.3. The molecule has 2 bridgehead atoms. The Labute approximate surface area is 373 Å². The molecule has 0 unspecified atom stereocenters. The van der Waals surface area contributed by atoms with E-state index < -0.39 is 125 Å². The molecule has 1 saturated heterocycles. The smallest absolute Gasteiger partial charge is 0.408 e. The van der Waals surface area contributed by atoms with Gasteiger partial charge in [0.05, 0.1) is 29.5 Å². The molecule has 352 valence electrons. The molecule has 0 radical (unpaired) electrons. The highest BCUT2D eigenvalue weighted by atomic mass is 16.6. The van der Waals surface area contributed by atoms with Crippen LogP contribution >= 0.6 is 0 Å². The van der Waals surface area contributed by atoms with Crippen LogP contribution in [0.5, 0.6) is 0 Å². The zero-order valence-electron chi connectivity index (χ0n) is 38.9. The quantitative estimate of drug-likeness (QED) is 0.164. The molecule has 4 aliphatic rings. The number of aliphatic hydroxyl groups excluding tert-OH is 1. The number of esters is 6. The van der Waals surface area contributed by atoms with Gasteiger partial charge in [0.2, 0.25) is 0 Å². The molecule has 3 aliphatic carbocycles. The molecule has 64 heavy (non-hydrogen) atoms. The van der Waals surface area contributed by atoms with Crippen molar-refractivity contribution < 1.29 is 76.6 Å². The minimum absolute atomic E-state index is 0.0574. The highest BCUT2D eigenvalue weighted by molar-refractivity contribution is 5.89. The average Bonchev–Trinajstić information content (AvgIpc) is 3.15. The fraction of sp³-hybridized carbons (Fsp3) is 0.638. The molecule has 3 fully saturated rings. The summed E-state index contributed by atoms with van der Waals surface area (Å²) in [7, 11) is 0. The van der Waals surface area contributed by atoms with Gasteiger partial charge in [0.1, 0.15) is 30.0 Å². The van der Waals surface area contributed by atoms with Gasteiger partial charge in [0.25, 0.3) is 0 Å². The van der Waals surface area contributed by atoms with E-state index in [4.69, 9.17) is 37.9 Å². The average molecular weight is 898 g/mol. The van der Waals surface area contributed by atoms with Crippen LogP contribution in [0.1, 0.15) is 113 Å². The summed E-state index contributed by atoms with van der Waals surface area (Å²) in [5.74, 6) is -7.06. The lowest BCUT2D eigenvalue weighted by Crippen LogP contribution is -2.80. The molecule has 0 spiro atoms. The third-order valence-electron chi connectivity index (χ3n) is 12.8. The number of carbonyl (C=O) groups is 7. The highest BCUT2D eigenvalue weighted by Gasteiger charge is 2.77. The summed E-state index contributed by atoms with van der Waals surface area (Å²) in [6.45, 7) is 19.9. The van der Waals surface area contributed by atoms with Crippen LogP contribution in [0, 0.1) is 22.7 Å². The van der Waals surface area contributed by atoms with Crippen LogP contribution in [0.25, 0.3) is 0 Å². The standard InChI is InChI=1S/C47H63NO16/c1-23(2)19-31(48-43(56)64-44(8,9)10)36(53)42(55)61-32-20-30-37(62-41(54)29-17-15-14-16-18-29)39-46(13,33(58-25(4)49)21-34-47(39,22-57-34)63-28(7)52)40(60-27(6)51)38(59-26(5)50)35(24(32)3)45(30,11)12/h14-19,30-34,36-40,53H,20-22H2,1-13H3,(H,48,56)/t30-,31-,32-,33-,34+,36+,37+,38+,39-,40-,46+,47-/m0/s1. The monoisotopic (exact) mass is 897 g/mol. The van der Waals surface area contributed by atoms with Crippen LogP contribution in [-0.2, 0) is 61.9 Å². The van der Waals surface area contributed by atoms with Crippen LogP contribution in [0.4, 0.5) is 4.79 Å². The number of hydrogen-bond acceptors (Lipinski definition) is 16. The maximum Gasteiger partial charge on any atom is 0.408 e. The Morgan fingerprint density at radius 2 is 1.44 bits per heavy atom. The molecule has 12 atom stereocenters. The van der Waals surface area contributed by atoms with E-state index in [9.17, 15) is 38.7 Å². The van der Waals surface area contributed by atoms with Crippen molar-refractivity contribution in [1.82, 2.24) is 5.32 Å². The molecular formula is C47H63NO16. The van der Waals surface area contributed by atoms with E-state index in [0.29, 0.717) is 16.7 Å². The number of carbonyl (C=O) groups excluding carboxylic acids is 7. The van der Waals surface area contributed by atoms with Crippen molar-refractivity contribution in [3.05, 3.63) is 58.7 Å². The number of ether oxygens (including phenoxy) is 8. The summed E-state index contributed by atoms with van der Waals surface area (Å²) in [6.07, 6.45) is -9.20. The molecular weight excluding hydrogens is 835 g/mol. The lowest BCUT2D eigenvalue weighted by atomic mass is 9.45. The van der Waals surface area contributed by atoms with Crippen LogP contribution in [0.2, 0.25) is 0 Å². The number of rotatable bonds is 11. The Morgan fingerprint density at radius 3 is 1.95 bits per heavy atom. The lowest BCUT2D eigenvalue weighted by molar-refractivity contribution is -0.355. The number of fused-ring (bicyclic) bond motifs is 5. The van der Waals surface area contributed by atoms with E-state index in [2.05, 4.69) is 5.32 Å².